The van der Waals surface area contributed by atoms with Crippen LogP contribution in [0.1, 0.15) is 12.8 Å². The Morgan fingerprint density at radius 2 is 2.33 bits per heavy atom. The van der Waals surface area contributed by atoms with Gasteiger partial charge in [-0.25, -0.2) is 12.8 Å². The Morgan fingerprint density at radius 1 is 1.53 bits per heavy atom. The van der Waals surface area contributed by atoms with Gasteiger partial charge in [0.25, 0.3) is 0 Å². The molecule has 0 saturated carbocycles. The summed E-state index contributed by atoms with van der Waals surface area (Å²) >= 11 is 0. The Hall–Kier alpha value is -0.200. The summed E-state index contributed by atoms with van der Waals surface area (Å²) in [6.07, 6.45) is 1.13. The topological polar surface area (TPSA) is 58.2 Å². The molecule has 0 amide bonds. The fourth-order valence-electron chi connectivity index (χ4n) is 2.15. The van der Waals surface area contributed by atoms with E-state index in [1.807, 2.05) is 0 Å². The van der Waals surface area contributed by atoms with Crippen LogP contribution in [0.25, 0.3) is 0 Å². The van der Waals surface area contributed by atoms with E-state index < -0.39 is 15.5 Å². The van der Waals surface area contributed by atoms with Crippen LogP contribution in [-0.4, -0.2) is 51.3 Å². The zero-order valence-corrected chi connectivity index (χ0v) is 9.45. The third-order valence-electron chi connectivity index (χ3n) is 3.13. The van der Waals surface area contributed by atoms with Crippen LogP contribution < -0.4 is 10.6 Å². The number of nitrogens with one attached hydrogen (secondary N) is 2. The highest BCUT2D eigenvalue weighted by Gasteiger charge is 2.35. The van der Waals surface area contributed by atoms with Gasteiger partial charge in [0.05, 0.1) is 11.5 Å². The van der Waals surface area contributed by atoms with Gasteiger partial charge in [0.2, 0.25) is 0 Å². The van der Waals surface area contributed by atoms with Crippen LogP contribution >= 0.6 is 0 Å². The molecular formula is C9H17FN2O2S. The number of hydrogen-bond donors (Lipinski definition) is 2. The van der Waals surface area contributed by atoms with Crippen molar-refractivity contribution >= 4 is 9.84 Å². The zero-order valence-electron chi connectivity index (χ0n) is 8.63. The second kappa shape index (κ2) is 3.99. The summed E-state index contributed by atoms with van der Waals surface area (Å²) in [6.45, 7) is 1.35. The largest absolute Gasteiger partial charge is 0.313 e. The van der Waals surface area contributed by atoms with E-state index in [1.54, 1.807) is 0 Å². The molecule has 2 unspecified atom stereocenters. The third kappa shape index (κ3) is 2.89. The van der Waals surface area contributed by atoms with E-state index in [0.717, 1.165) is 0 Å². The van der Waals surface area contributed by atoms with Gasteiger partial charge in [-0.05, 0) is 19.4 Å². The minimum absolute atomic E-state index is 0.0526. The molecule has 2 aliphatic heterocycles. The predicted octanol–water partition coefficient (Wildman–Crippen LogP) is -0.535. The predicted molar refractivity (Wildman–Crippen MR) is 56.4 cm³/mol. The summed E-state index contributed by atoms with van der Waals surface area (Å²) in [5, 5.41) is 6.00. The molecule has 4 nitrogen and oxygen atoms in total. The molecule has 2 N–H and O–H groups in total. The average Bonchev–Trinajstić information content (AvgIpc) is 2.70. The minimum atomic E-state index is -2.86. The van der Waals surface area contributed by atoms with Gasteiger partial charge in [-0.2, -0.15) is 0 Å². The summed E-state index contributed by atoms with van der Waals surface area (Å²) < 4.78 is 36.2. The molecule has 88 valence electrons. The van der Waals surface area contributed by atoms with Crippen LogP contribution in [-0.2, 0) is 9.84 Å². The molecular weight excluding hydrogens is 219 g/mol. The smallest absolute Gasteiger partial charge is 0.151 e. The lowest BCUT2D eigenvalue weighted by molar-refractivity contribution is 0.180. The molecule has 15 heavy (non-hydrogen) atoms. The Labute approximate surface area is 89.5 Å². The molecule has 0 aliphatic carbocycles. The molecule has 2 fully saturated rings. The summed E-state index contributed by atoms with van der Waals surface area (Å²) in [4.78, 5) is 0. The van der Waals surface area contributed by atoms with Crippen molar-refractivity contribution in [2.45, 2.75) is 24.6 Å². The van der Waals surface area contributed by atoms with Crippen molar-refractivity contribution in [1.82, 2.24) is 10.6 Å². The van der Waals surface area contributed by atoms with Crippen molar-refractivity contribution in [3.05, 3.63) is 0 Å². The summed E-state index contributed by atoms with van der Waals surface area (Å²) in [7, 11) is -2.86. The van der Waals surface area contributed by atoms with E-state index >= 15 is 0 Å². The Kier molecular flexibility index (Phi) is 3.00. The Balaban J connectivity index is 1.79. The first kappa shape index (κ1) is 11.3. The molecule has 2 saturated heterocycles. The van der Waals surface area contributed by atoms with E-state index in [9.17, 15) is 12.8 Å². The number of rotatable bonds is 3. The van der Waals surface area contributed by atoms with Crippen LogP contribution in [0.3, 0.4) is 0 Å². The lowest BCUT2D eigenvalue weighted by Gasteiger charge is -2.21. The van der Waals surface area contributed by atoms with Crippen LogP contribution in [0.5, 0.6) is 0 Å². The van der Waals surface area contributed by atoms with Crippen molar-refractivity contribution in [2.75, 3.05) is 31.1 Å². The first-order chi connectivity index (χ1) is 6.99. The summed E-state index contributed by atoms with van der Waals surface area (Å²) in [5.41, 5.74) is -1.19. The molecule has 6 heteroatoms. The second-order valence-electron chi connectivity index (χ2n) is 4.56. The highest BCUT2D eigenvalue weighted by molar-refractivity contribution is 7.91. The molecule has 0 bridgehead atoms. The fourth-order valence-corrected chi connectivity index (χ4v) is 3.86. The molecule has 0 aromatic rings. The van der Waals surface area contributed by atoms with Gasteiger partial charge < -0.3 is 10.6 Å². The molecule has 0 aromatic heterocycles. The SMILES string of the molecule is O=S1(=O)CCC(NCC2(F)CCNC2)C1. The van der Waals surface area contributed by atoms with Crippen molar-refractivity contribution in [3.63, 3.8) is 0 Å². The quantitative estimate of drug-likeness (QED) is 0.691. The van der Waals surface area contributed by atoms with E-state index in [4.69, 9.17) is 0 Å². The van der Waals surface area contributed by atoms with E-state index in [-0.39, 0.29) is 24.1 Å². The van der Waals surface area contributed by atoms with E-state index in [0.29, 0.717) is 25.9 Å². The maximum atomic E-state index is 13.9. The van der Waals surface area contributed by atoms with Gasteiger partial charge in [-0.3, -0.25) is 0 Å². The van der Waals surface area contributed by atoms with Gasteiger partial charge in [0.15, 0.2) is 9.84 Å². The zero-order chi connectivity index (χ0) is 10.9. The minimum Gasteiger partial charge on any atom is -0.313 e. The lowest BCUT2D eigenvalue weighted by atomic mass is 10.1. The Bertz CT molecular complexity index is 325. The molecule has 2 aliphatic rings. The van der Waals surface area contributed by atoms with E-state index in [2.05, 4.69) is 10.6 Å². The number of hydrogen-bond acceptors (Lipinski definition) is 4. The van der Waals surface area contributed by atoms with Crippen molar-refractivity contribution < 1.29 is 12.8 Å². The molecule has 0 spiro atoms. The number of halogens is 1. The van der Waals surface area contributed by atoms with Gasteiger partial charge in [0, 0.05) is 19.1 Å². The first-order valence-electron chi connectivity index (χ1n) is 5.33. The number of sulfone groups is 1. The Morgan fingerprint density at radius 3 is 2.87 bits per heavy atom. The lowest BCUT2D eigenvalue weighted by Crippen LogP contribution is -2.43. The molecule has 2 rings (SSSR count). The van der Waals surface area contributed by atoms with Crippen molar-refractivity contribution in [2.24, 2.45) is 0 Å². The summed E-state index contributed by atoms with van der Waals surface area (Å²) in [5.74, 6) is 0.401. The standard InChI is InChI=1S/C9H17FN2O2S/c10-9(2-3-11-6-9)7-12-8-1-4-15(13,14)5-8/h8,11-12H,1-7H2. The van der Waals surface area contributed by atoms with Crippen molar-refractivity contribution in [1.29, 1.82) is 0 Å². The number of alkyl halides is 1. The van der Waals surface area contributed by atoms with Crippen LogP contribution in [0, 0.1) is 0 Å². The molecule has 0 aromatic carbocycles. The summed E-state index contributed by atoms with van der Waals surface area (Å²) in [6, 6.07) is -0.0526. The van der Waals surface area contributed by atoms with Crippen LogP contribution in [0.2, 0.25) is 0 Å². The molecule has 2 atom stereocenters. The maximum absolute atomic E-state index is 13.9. The van der Waals surface area contributed by atoms with Gasteiger partial charge in [-0.1, -0.05) is 0 Å². The van der Waals surface area contributed by atoms with Gasteiger partial charge >= 0.3 is 0 Å². The monoisotopic (exact) mass is 236 g/mol. The van der Waals surface area contributed by atoms with E-state index in [1.165, 1.54) is 0 Å². The van der Waals surface area contributed by atoms with Gasteiger partial charge in [0.1, 0.15) is 5.67 Å². The third-order valence-corrected chi connectivity index (χ3v) is 4.90. The first-order valence-corrected chi connectivity index (χ1v) is 7.15. The normalized spacial score (nSPS) is 39.7. The maximum Gasteiger partial charge on any atom is 0.151 e. The van der Waals surface area contributed by atoms with Crippen LogP contribution in [0.4, 0.5) is 4.39 Å². The van der Waals surface area contributed by atoms with Gasteiger partial charge in [-0.15, -0.1) is 0 Å². The highest BCUT2D eigenvalue weighted by atomic mass is 32.2. The van der Waals surface area contributed by atoms with Crippen LogP contribution in [0.15, 0.2) is 0 Å². The molecule has 0 radical (unpaired) electrons. The fraction of sp³-hybridized carbons (Fsp3) is 1.00. The van der Waals surface area contributed by atoms with Crippen molar-refractivity contribution in [3.8, 4) is 0 Å². The highest BCUT2D eigenvalue weighted by Crippen LogP contribution is 2.20. The molecule has 2 heterocycles. The average molecular weight is 236 g/mol. The second-order valence-corrected chi connectivity index (χ2v) is 6.79.